The molecule has 1 aliphatic carbocycles. The Morgan fingerprint density at radius 2 is 1.82 bits per heavy atom. The first kappa shape index (κ1) is 23.2. The van der Waals surface area contributed by atoms with Gasteiger partial charge in [-0.1, -0.05) is 80.8 Å². The zero-order valence-corrected chi connectivity index (χ0v) is 20.2. The van der Waals surface area contributed by atoms with Crippen molar-refractivity contribution in [2.45, 2.75) is 71.6 Å². The second-order valence-corrected chi connectivity index (χ2v) is 9.26. The van der Waals surface area contributed by atoms with Crippen molar-refractivity contribution in [1.82, 2.24) is 4.98 Å². The normalized spacial score (nSPS) is 17.3. The molecule has 0 spiro atoms. The number of ketones is 1. The summed E-state index contributed by atoms with van der Waals surface area (Å²) in [6.07, 6.45) is 9.30. The Morgan fingerprint density at radius 1 is 1.00 bits per heavy atom. The number of carbonyl (C=O) groups excluding carboxylic acids is 1. The molecule has 0 fully saturated rings. The SMILES string of the molecule is CCCC(C)=C(C(=O)C1=CC(c2ccc3cc(CC)ccc3n2)CCCC1)c1ccccc1. The van der Waals surface area contributed by atoms with Gasteiger partial charge in [-0.05, 0) is 73.9 Å². The summed E-state index contributed by atoms with van der Waals surface area (Å²) in [5.41, 5.74) is 7.52. The minimum atomic E-state index is 0.185. The molecule has 1 aliphatic rings. The topological polar surface area (TPSA) is 30.0 Å². The third-order valence-electron chi connectivity index (χ3n) is 6.81. The zero-order chi connectivity index (χ0) is 23.2. The predicted octanol–water partition coefficient (Wildman–Crippen LogP) is 8.22. The number of aromatic nitrogens is 1. The average molecular weight is 438 g/mol. The summed E-state index contributed by atoms with van der Waals surface area (Å²) < 4.78 is 0. The standard InChI is InChI=1S/C31H35NO/c1-4-11-22(3)30(24-12-7-6-8-13-24)31(33)27-15-10-9-14-25(21-27)29-19-17-26-20-23(5-2)16-18-28(26)32-29/h6-8,12-13,16-21,25H,4-5,9-11,14-15H2,1-3H3. The molecule has 2 heteroatoms. The van der Waals surface area contributed by atoms with Crippen molar-refractivity contribution in [1.29, 1.82) is 0 Å². The van der Waals surface area contributed by atoms with Crippen molar-refractivity contribution < 1.29 is 4.79 Å². The van der Waals surface area contributed by atoms with Crippen LogP contribution in [0, 0.1) is 0 Å². The molecule has 0 aliphatic heterocycles. The van der Waals surface area contributed by atoms with E-state index >= 15 is 0 Å². The summed E-state index contributed by atoms with van der Waals surface area (Å²) in [6, 6.07) is 21.1. The minimum absolute atomic E-state index is 0.185. The van der Waals surface area contributed by atoms with Crippen LogP contribution in [0.1, 0.15) is 82.0 Å². The van der Waals surface area contributed by atoms with Crippen LogP contribution in [-0.4, -0.2) is 10.8 Å². The Labute approximate surface area is 198 Å². The van der Waals surface area contributed by atoms with Crippen molar-refractivity contribution in [2.75, 3.05) is 0 Å². The van der Waals surface area contributed by atoms with Crippen molar-refractivity contribution >= 4 is 22.3 Å². The fraction of sp³-hybridized carbons (Fsp3) is 0.355. The number of carbonyl (C=O) groups is 1. The van der Waals surface area contributed by atoms with Gasteiger partial charge in [0.15, 0.2) is 5.78 Å². The third-order valence-corrected chi connectivity index (χ3v) is 6.81. The maximum Gasteiger partial charge on any atom is 0.189 e. The molecule has 1 unspecified atom stereocenters. The zero-order valence-electron chi connectivity index (χ0n) is 20.2. The van der Waals surface area contributed by atoms with Gasteiger partial charge in [-0.25, -0.2) is 0 Å². The molecule has 170 valence electrons. The molecule has 1 heterocycles. The van der Waals surface area contributed by atoms with Crippen LogP contribution in [0.4, 0.5) is 0 Å². The highest BCUT2D eigenvalue weighted by Gasteiger charge is 2.23. The summed E-state index contributed by atoms with van der Waals surface area (Å²) in [4.78, 5) is 18.9. The van der Waals surface area contributed by atoms with Gasteiger partial charge < -0.3 is 0 Å². The van der Waals surface area contributed by atoms with Crippen molar-refractivity contribution in [3.63, 3.8) is 0 Å². The van der Waals surface area contributed by atoms with Gasteiger partial charge in [-0.3, -0.25) is 9.78 Å². The highest BCUT2D eigenvalue weighted by Crippen LogP contribution is 2.34. The van der Waals surface area contributed by atoms with E-state index in [-0.39, 0.29) is 11.7 Å². The van der Waals surface area contributed by atoms with Crippen LogP contribution in [0.3, 0.4) is 0 Å². The monoisotopic (exact) mass is 437 g/mol. The summed E-state index contributed by atoms with van der Waals surface area (Å²) >= 11 is 0. The van der Waals surface area contributed by atoms with Crippen LogP contribution in [-0.2, 0) is 11.2 Å². The van der Waals surface area contributed by atoms with Gasteiger partial charge >= 0.3 is 0 Å². The van der Waals surface area contributed by atoms with Crippen molar-refractivity contribution in [2.24, 2.45) is 0 Å². The summed E-state index contributed by atoms with van der Waals surface area (Å²) in [5, 5.41) is 1.19. The molecule has 0 saturated heterocycles. The van der Waals surface area contributed by atoms with Crippen LogP contribution in [0.2, 0.25) is 0 Å². The van der Waals surface area contributed by atoms with Gasteiger partial charge in [0.2, 0.25) is 0 Å². The van der Waals surface area contributed by atoms with Gasteiger partial charge in [0.05, 0.1) is 5.52 Å². The Hall–Kier alpha value is -3.00. The molecule has 33 heavy (non-hydrogen) atoms. The van der Waals surface area contributed by atoms with E-state index in [2.05, 4.69) is 69.3 Å². The first-order chi connectivity index (χ1) is 16.1. The lowest BCUT2D eigenvalue weighted by atomic mass is 9.88. The average Bonchev–Trinajstić information content (AvgIpc) is 3.11. The van der Waals surface area contributed by atoms with E-state index in [1.165, 1.54) is 16.5 Å². The number of allylic oxidation sites excluding steroid dienone is 4. The number of benzene rings is 2. The number of aryl methyl sites for hydroxylation is 1. The van der Waals surface area contributed by atoms with Gasteiger partial charge in [-0.2, -0.15) is 0 Å². The molecule has 3 aromatic rings. The van der Waals surface area contributed by atoms with Gasteiger partial charge in [0, 0.05) is 22.6 Å². The van der Waals surface area contributed by atoms with Gasteiger partial charge in [-0.15, -0.1) is 0 Å². The molecule has 0 N–H and O–H groups in total. The minimum Gasteiger partial charge on any atom is -0.289 e. The van der Waals surface area contributed by atoms with E-state index in [1.807, 2.05) is 18.2 Å². The molecule has 2 nitrogen and oxygen atoms in total. The predicted molar refractivity (Wildman–Crippen MR) is 139 cm³/mol. The molecule has 0 radical (unpaired) electrons. The van der Waals surface area contributed by atoms with E-state index in [0.717, 1.165) is 72.9 Å². The first-order valence-electron chi connectivity index (χ1n) is 12.5. The van der Waals surface area contributed by atoms with Crippen molar-refractivity contribution in [3.05, 3.63) is 94.7 Å². The molecule has 1 aromatic heterocycles. The largest absolute Gasteiger partial charge is 0.289 e. The number of fused-ring (bicyclic) bond motifs is 1. The number of pyridine rings is 1. The van der Waals surface area contributed by atoms with Crippen LogP contribution in [0.25, 0.3) is 16.5 Å². The number of hydrogen-bond donors (Lipinski definition) is 0. The number of rotatable bonds is 7. The molecule has 4 rings (SSSR count). The molecule has 0 amide bonds. The quantitative estimate of drug-likeness (QED) is 0.348. The van der Waals surface area contributed by atoms with Crippen LogP contribution in [0.5, 0.6) is 0 Å². The number of Topliss-reactive ketones (excluding diaryl/α,β-unsaturated/α-hetero) is 1. The molecule has 0 bridgehead atoms. The summed E-state index contributed by atoms with van der Waals surface area (Å²) in [5.74, 6) is 0.387. The second-order valence-electron chi connectivity index (χ2n) is 9.26. The first-order valence-corrected chi connectivity index (χ1v) is 12.5. The fourth-order valence-corrected chi connectivity index (χ4v) is 4.97. The van der Waals surface area contributed by atoms with Gasteiger partial charge in [0.25, 0.3) is 0 Å². The smallest absolute Gasteiger partial charge is 0.189 e. The Balaban J connectivity index is 1.71. The molecular formula is C31H35NO. The highest BCUT2D eigenvalue weighted by molar-refractivity contribution is 6.29. The van der Waals surface area contributed by atoms with E-state index < -0.39 is 0 Å². The second kappa shape index (κ2) is 10.7. The Bertz CT molecular complexity index is 1190. The fourth-order valence-electron chi connectivity index (χ4n) is 4.97. The molecule has 0 saturated carbocycles. The van der Waals surface area contributed by atoms with E-state index in [9.17, 15) is 4.79 Å². The Morgan fingerprint density at radius 3 is 2.58 bits per heavy atom. The molecule has 2 aromatic carbocycles. The molecular weight excluding hydrogens is 402 g/mol. The maximum atomic E-state index is 13.9. The number of hydrogen-bond acceptors (Lipinski definition) is 2. The summed E-state index contributed by atoms with van der Waals surface area (Å²) in [7, 11) is 0. The van der Waals surface area contributed by atoms with E-state index in [1.54, 1.807) is 0 Å². The van der Waals surface area contributed by atoms with Crippen LogP contribution in [0.15, 0.2) is 77.9 Å². The highest BCUT2D eigenvalue weighted by atomic mass is 16.1. The third kappa shape index (κ3) is 5.33. The maximum absolute atomic E-state index is 13.9. The van der Waals surface area contributed by atoms with Crippen LogP contribution >= 0.6 is 0 Å². The van der Waals surface area contributed by atoms with Crippen molar-refractivity contribution in [3.8, 4) is 0 Å². The van der Waals surface area contributed by atoms with Gasteiger partial charge in [0.1, 0.15) is 0 Å². The number of nitrogens with zero attached hydrogens (tertiary/aromatic N) is 1. The van der Waals surface area contributed by atoms with E-state index in [4.69, 9.17) is 4.98 Å². The lowest BCUT2D eigenvalue weighted by Crippen LogP contribution is -2.09. The summed E-state index contributed by atoms with van der Waals surface area (Å²) in [6.45, 7) is 6.47. The molecule has 1 atom stereocenters. The lowest BCUT2D eigenvalue weighted by molar-refractivity contribution is -0.110. The van der Waals surface area contributed by atoms with Crippen LogP contribution < -0.4 is 0 Å². The Kier molecular flexibility index (Phi) is 7.54. The van der Waals surface area contributed by atoms with E-state index in [0.29, 0.717) is 0 Å². The lowest BCUT2D eigenvalue weighted by Gasteiger charge is -2.15.